The lowest BCUT2D eigenvalue weighted by Crippen LogP contribution is -2.21. The Hall–Kier alpha value is -3.74. The molecular formula is C23H24N6O. The summed E-state index contributed by atoms with van der Waals surface area (Å²) in [5, 5.41) is 15.7. The van der Waals surface area contributed by atoms with Crippen LogP contribution in [0.1, 0.15) is 33.9 Å². The first-order valence-electron chi connectivity index (χ1n) is 9.85. The summed E-state index contributed by atoms with van der Waals surface area (Å²) in [5.41, 5.74) is 6.07. The van der Waals surface area contributed by atoms with Crippen molar-refractivity contribution in [3.05, 3.63) is 88.6 Å². The van der Waals surface area contributed by atoms with E-state index in [0.29, 0.717) is 18.9 Å². The number of carbonyl (C=O) groups is 1. The molecule has 0 unspecified atom stereocenters. The molecule has 0 bridgehead atoms. The molecule has 4 rings (SSSR count). The first-order valence-corrected chi connectivity index (χ1v) is 9.85. The smallest absolute Gasteiger partial charge is 0.244 e. The van der Waals surface area contributed by atoms with Crippen LogP contribution in [-0.4, -0.2) is 30.3 Å². The van der Waals surface area contributed by atoms with Crippen LogP contribution in [0.15, 0.2) is 54.7 Å². The van der Waals surface area contributed by atoms with Gasteiger partial charge in [0.05, 0.1) is 18.8 Å². The Morgan fingerprint density at radius 2 is 1.87 bits per heavy atom. The minimum atomic E-state index is -0.187. The van der Waals surface area contributed by atoms with Crippen molar-refractivity contribution in [3.8, 4) is 0 Å². The second-order valence-corrected chi connectivity index (χ2v) is 7.32. The van der Waals surface area contributed by atoms with Crippen molar-refractivity contribution in [2.45, 2.75) is 33.9 Å². The van der Waals surface area contributed by atoms with Gasteiger partial charge < -0.3 is 5.32 Å². The van der Waals surface area contributed by atoms with Gasteiger partial charge in [0.1, 0.15) is 0 Å². The summed E-state index contributed by atoms with van der Waals surface area (Å²) in [7, 11) is 0. The van der Waals surface area contributed by atoms with Gasteiger partial charge in [-0.05, 0) is 44.5 Å². The normalized spacial score (nSPS) is 11.4. The van der Waals surface area contributed by atoms with E-state index in [0.717, 1.165) is 22.6 Å². The Labute approximate surface area is 175 Å². The number of rotatable bonds is 6. The van der Waals surface area contributed by atoms with Gasteiger partial charge in [-0.1, -0.05) is 35.9 Å². The van der Waals surface area contributed by atoms with Crippen molar-refractivity contribution in [1.29, 1.82) is 0 Å². The van der Waals surface area contributed by atoms with Gasteiger partial charge in [-0.25, -0.2) is 0 Å². The second kappa shape index (κ2) is 8.32. The van der Waals surface area contributed by atoms with Crippen molar-refractivity contribution in [3.63, 3.8) is 0 Å². The second-order valence-electron chi connectivity index (χ2n) is 7.32. The van der Waals surface area contributed by atoms with Gasteiger partial charge in [0, 0.05) is 23.5 Å². The number of amides is 1. The van der Waals surface area contributed by atoms with E-state index < -0.39 is 0 Å². The summed E-state index contributed by atoms with van der Waals surface area (Å²) in [6.07, 6.45) is 5.23. The van der Waals surface area contributed by atoms with Crippen molar-refractivity contribution in [2.75, 3.05) is 0 Å². The first kappa shape index (κ1) is 19.6. The third-order valence-electron chi connectivity index (χ3n) is 5.10. The van der Waals surface area contributed by atoms with Crippen LogP contribution >= 0.6 is 0 Å². The molecule has 4 aromatic rings. The Balaban J connectivity index is 1.42. The summed E-state index contributed by atoms with van der Waals surface area (Å²) < 4.78 is 3.83. The van der Waals surface area contributed by atoms with E-state index >= 15 is 0 Å². The molecular weight excluding hydrogens is 376 g/mol. The third-order valence-corrected chi connectivity index (χ3v) is 5.10. The zero-order valence-corrected chi connectivity index (χ0v) is 17.3. The van der Waals surface area contributed by atoms with Crippen LogP contribution < -0.4 is 5.32 Å². The summed E-state index contributed by atoms with van der Waals surface area (Å²) in [4.78, 5) is 12.3. The number of hydrogen-bond acceptors (Lipinski definition) is 4. The maximum absolute atomic E-state index is 12.3. The number of fused-ring (bicyclic) bond motifs is 1. The van der Waals surface area contributed by atoms with E-state index in [1.807, 2.05) is 53.4 Å². The highest BCUT2D eigenvalue weighted by atomic mass is 16.1. The minimum Gasteiger partial charge on any atom is -0.345 e. The largest absolute Gasteiger partial charge is 0.345 e. The summed E-state index contributed by atoms with van der Waals surface area (Å²) >= 11 is 0. The van der Waals surface area contributed by atoms with Crippen LogP contribution in [0.2, 0.25) is 0 Å². The monoisotopic (exact) mass is 400 g/mol. The lowest BCUT2D eigenvalue weighted by Gasteiger charge is -2.05. The van der Waals surface area contributed by atoms with Crippen LogP contribution in [0, 0.1) is 20.8 Å². The van der Waals surface area contributed by atoms with Crippen molar-refractivity contribution in [1.82, 2.24) is 29.7 Å². The van der Waals surface area contributed by atoms with E-state index in [4.69, 9.17) is 0 Å². The molecule has 7 heteroatoms. The lowest BCUT2D eigenvalue weighted by atomic mass is 10.1. The molecule has 1 N–H and O–H groups in total. The lowest BCUT2D eigenvalue weighted by molar-refractivity contribution is -0.116. The SMILES string of the molecule is Cc1ccc(Cn2nc(C)c(/C=C/C(=O)NCc3nnc4ccccn34)c2C)cc1. The molecule has 30 heavy (non-hydrogen) atoms. The molecule has 0 saturated carbocycles. The van der Waals surface area contributed by atoms with E-state index in [1.165, 1.54) is 17.2 Å². The number of aryl methyl sites for hydroxylation is 2. The predicted molar refractivity (Wildman–Crippen MR) is 116 cm³/mol. The van der Waals surface area contributed by atoms with Gasteiger partial charge in [0.15, 0.2) is 11.5 Å². The summed E-state index contributed by atoms with van der Waals surface area (Å²) in [6, 6.07) is 14.1. The quantitative estimate of drug-likeness (QED) is 0.504. The summed E-state index contributed by atoms with van der Waals surface area (Å²) in [5.74, 6) is 0.499. The number of hydrogen-bond donors (Lipinski definition) is 1. The van der Waals surface area contributed by atoms with Crippen LogP contribution in [0.3, 0.4) is 0 Å². The average Bonchev–Trinajstić information content (AvgIpc) is 3.27. The highest BCUT2D eigenvalue weighted by Gasteiger charge is 2.10. The molecule has 3 aromatic heterocycles. The van der Waals surface area contributed by atoms with Gasteiger partial charge in [0.25, 0.3) is 0 Å². The van der Waals surface area contributed by atoms with Crippen LogP contribution in [-0.2, 0) is 17.9 Å². The standard InChI is InChI=1S/C23H24N6O/c1-16-7-9-19(10-8-16)15-29-18(3)20(17(2)27-29)11-12-23(30)24-14-22-26-25-21-6-4-5-13-28(21)22/h4-13H,14-15H2,1-3H3,(H,24,30)/b12-11+. The Morgan fingerprint density at radius 3 is 2.67 bits per heavy atom. The number of pyridine rings is 1. The molecule has 1 aromatic carbocycles. The van der Waals surface area contributed by atoms with Crippen LogP contribution in [0.4, 0.5) is 0 Å². The molecule has 7 nitrogen and oxygen atoms in total. The molecule has 0 aliphatic carbocycles. The fourth-order valence-electron chi connectivity index (χ4n) is 3.37. The Bertz CT molecular complexity index is 1220. The van der Waals surface area contributed by atoms with E-state index in [-0.39, 0.29) is 5.91 Å². The minimum absolute atomic E-state index is 0.187. The van der Waals surface area contributed by atoms with Crippen LogP contribution in [0.5, 0.6) is 0 Å². The number of aromatic nitrogens is 5. The fraction of sp³-hybridized carbons (Fsp3) is 0.217. The zero-order chi connectivity index (χ0) is 21.1. The Kier molecular flexibility index (Phi) is 5.43. The van der Waals surface area contributed by atoms with E-state index in [2.05, 4.69) is 51.8 Å². The van der Waals surface area contributed by atoms with Gasteiger partial charge >= 0.3 is 0 Å². The highest BCUT2D eigenvalue weighted by Crippen LogP contribution is 2.17. The number of nitrogens with one attached hydrogen (secondary N) is 1. The van der Waals surface area contributed by atoms with Crippen molar-refractivity contribution >= 4 is 17.6 Å². The summed E-state index contributed by atoms with van der Waals surface area (Å²) in [6.45, 7) is 7.06. The molecule has 3 heterocycles. The molecule has 0 radical (unpaired) electrons. The van der Waals surface area contributed by atoms with Crippen LogP contribution in [0.25, 0.3) is 11.7 Å². The molecule has 0 aliphatic rings. The molecule has 0 spiro atoms. The fourth-order valence-corrected chi connectivity index (χ4v) is 3.37. The van der Waals surface area contributed by atoms with Gasteiger partial charge in [-0.15, -0.1) is 10.2 Å². The van der Waals surface area contributed by atoms with E-state index in [1.54, 1.807) is 0 Å². The molecule has 0 saturated heterocycles. The average molecular weight is 400 g/mol. The molecule has 0 fully saturated rings. The predicted octanol–water partition coefficient (Wildman–Crippen LogP) is 3.23. The third kappa shape index (κ3) is 4.15. The van der Waals surface area contributed by atoms with E-state index in [9.17, 15) is 4.79 Å². The molecule has 152 valence electrons. The van der Waals surface area contributed by atoms with Gasteiger partial charge in [0.2, 0.25) is 5.91 Å². The van der Waals surface area contributed by atoms with Gasteiger partial charge in [-0.2, -0.15) is 5.10 Å². The van der Waals surface area contributed by atoms with Crippen molar-refractivity contribution < 1.29 is 4.79 Å². The topological polar surface area (TPSA) is 77.1 Å². The van der Waals surface area contributed by atoms with Gasteiger partial charge in [-0.3, -0.25) is 13.9 Å². The highest BCUT2D eigenvalue weighted by molar-refractivity contribution is 5.91. The molecule has 0 atom stereocenters. The first-order chi connectivity index (χ1) is 14.5. The number of carbonyl (C=O) groups excluding carboxylic acids is 1. The number of benzene rings is 1. The maximum atomic E-state index is 12.3. The maximum Gasteiger partial charge on any atom is 0.244 e. The molecule has 1 amide bonds. The number of nitrogens with zero attached hydrogens (tertiary/aromatic N) is 5. The Morgan fingerprint density at radius 1 is 1.07 bits per heavy atom. The molecule has 0 aliphatic heterocycles. The zero-order valence-electron chi connectivity index (χ0n) is 17.3. The van der Waals surface area contributed by atoms with Crippen molar-refractivity contribution in [2.24, 2.45) is 0 Å².